The van der Waals surface area contributed by atoms with Gasteiger partial charge in [0.2, 0.25) is 5.91 Å². The number of carbonyl (C=O) groups excluding carboxylic acids is 2. The zero-order valence-electron chi connectivity index (χ0n) is 12.8. The fourth-order valence-corrected chi connectivity index (χ4v) is 1.72. The van der Waals surface area contributed by atoms with Gasteiger partial charge in [0.15, 0.2) is 5.78 Å². The van der Waals surface area contributed by atoms with E-state index in [0.717, 1.165) is 0 Å². The summed E-state index contributed by atoms with van der Waals surface area (Å²) in [7, 11) is 1.57. The van der Waals surface area contributed by atoms with Crippen molar-refractivity contribution in [2.45, 2.75) is 32.8 Å². The van der Waals surface area contributed by atoms with Gasteiger partial charge in [-0.2, -0.15) is 0 Å². The fraction of sp³-hybridized carbons (Fsp3) is 0.500. The molecule has 0 atom stereocenters. The Balaban J connectivity index is 2.26. The van der Waals surface area contributed by atoms with Gasteiger partial charge in [-0.25, -0.2) is 0 Å². The van der Waals surface area contributed by atoms with Crippen LogP contribution in [0.3, 0.4) is 0 Å². The minimum atomic E-state index is -0.135. The summed E-state index contributed by atoms with van der Waals surface area (Å²) in [6.45, 7) is 4.83. The van der Waals surface area contributed by atoms with E-state index in [0.29, 0.717) is 24.5 Å². The van der Waals surface area contributed by atoms with Crippen molar-refractivity contribution in [3.63, 3.8) is 0 Å². The number of carbonyl (C=O) groups is 2. The number of nitrogens with one attached hydrogen (secondary N) is 1. The van der Waals surface area contributed by atoms with Gasteiger partial charge in [0, 0.05) is 24.9 Å². The molecule has 0 saturated carbocycles. The third kappa shape index (κ3) is 6.90. The zero-order chi connectivity index (χ0) is 15.7. The monoisotopic (exact) mass is 293 g/mol. The zero-order valence-corrected chi connectivity index (χ0v) is 12.8. The van der Waals surface area contributed by atoms with E-state index in [1.54, 1.807) is 31.4 Å². The van der Waals surface area contributed by atoms with Gasteiger partial charge in [-0.3, -0.25) is 9.59 Å². The molecule has 0 aliphatic carbocycles. The molecule has 0 bridgehead atoms. The Labute approximate surface area is 125 Å². The first-order valence-electron chi connectivity index (χ1n) is 7.08. The van der Waals surface area contributed by atoms with Gasteiger partial charge in [-0.1, -0.05) is 0 Å². The molecule has 0 radical (unpaired) electrons. The van der Waals surface area contributed by atoms with E-state index < -0.39 is 0 Å². The Bertz CT molecular complexity index is 454. The molecule has 1 rings (SSSR count). The lowest BCUT2D eigenvalue weighted by Crippen LogP contribution is -2.28. The molecule has 1 amide bonds. The number of benzene rings is 1. The minimum absolute atomic E-state index is 0.0498. The van der Waals surface area contributed by atoms with Crippen molar-refractivity contribution in [1.82, 2.24) is 5.32 Å². The first-order chi connectivity index (χ1) is 10.0. The predicted molar refractivity (Wildman–Crippen MR) is 80.7 cm³/mol. The van der Waals surface area contributed by atoms with Crippen LogP contribution in [-0.2, 0) is 9.53 Å². The van der Waals surface area contributed by atoms with Gasteiger partial charge in [0.05, 0.1) is 19.8 Å². The van der Waals surface area contributed by atoms with Crippen LogP contribution in [0.15, 0.2) is 24.3 Å². The van der Waals surface area contributed by atoms with Gasteiger partial charge < -0.3 is 14.8 Å². The van der Waals surface area contributed by atoms with Crippen molar-refractivity contribution in [3.8, 4) is 5.75 Å². The summed E-state index contributed by atoms with van der Waals surface area (Å²) in [5.41, 5.74) is 0.590. The molecular formula is C16H23NO4. The van der Waals surface area contributed by atoms with Crippen molar-refractivity contribution < 1.29 is 19.1 Å². The quantitative estimate of drug-likeness (QED) is 0.560. The van der Waals surface area contributed by atoms with E-state index in [9.17, 15) is 9.59 Å². The second kappa shape index (κ2) is 9.13. The number of amides is 1. The fourth-order valence-electron chi connectivity index (χ4n) is 1.72. The first kappa shape index (κ1) is 17.2. The molecule has 0 heterocycles. The molecule has 0 unspecified atom stereocenters. The smallest absolute Gasteiger partial charge is 0.220 e. The highest BCUT2D eigenvalue weighted by atomic mass is 16.5. The van der Waals surface area contributed by atoms with E-state index in [-0.39, 0.29) is 30.6 Å². The van der Waals surface area contributed by atoms with Gasteiger partial charge >= 0.3 is 0 Å². The highest BCUT2D eigenvalue weighted by Crippen LogP contribution is 2.13. The highest BCUT2D eigenvalue weighted by Gasteiger charge is 2.09. The number of hydrogen-bond acceptors (Lipinski definition) is 4. The molecule has 0 aromatic heterocycles. The summed E-state index contributed by atoms with van der Waals surface area (Å²) >= 11 is 0. The van der Waals surface area contributed by atoms with E-state index >= 15 is 0 Å². The maximum atomic E-state index is 11.9. The van der Waals surface area contributed by atoms with Crippen LogP contribution in [-0.4, -0.2) is 38.1 Å². The lowest BCUT2D eigenvalue weighted by atomic mass is 10.1. The average molecular weight is 293 g/mol. The Kier molecular flexibility index (Phi) is 7.46. The normalized spacial score (nSPS) is 10.5. The second-order valence-corrected chi connectivity index (χ2v) is 4.92. The molecular weight excluding hydrogens is 270 g/mol. The third-order valence-electron chi connectivity index (χ3n) is 2.87. The topological polar surface area (TPSA) is 64.6 Å². The summed E-state index contributed by atoms with van der Waals surface area (Å²) in [5.74, 6) is 0.518. The summed E-state index contributed by atoms with van der Waals surface area (Å²) < 4.78 is 10.3. The molecule has 116 valence electrons. The molecule has 0 spiro atoms. The molecule has 5 nitrogen and oxygen atoms in total. The van der Waals surface area contributed by atoms with Crippen LogP contribution in [0, 0.1) is 0 Å². The van der Waals surface area contributed by atoms with E-state index in [1.807, 2.05) is 13.8 Å². The van der Waals surface area contributed by atoms with Crippen LogP contribution in [0.5, 0.6) is 5.75 Å². The van der Waals surface area contributed by atoms with Crippen LogP contribution in [0.25, 0.3) is 0 Å². The molecule has 1 aromatic carbocycles. The molecule has 1 aromatic rings. The van der Waals surface area contributed by atoms with Crippen molar-refractivity contribution in [1.29, 1.82) is 0 Å². The Morgan fingerprint density at radius 2 is 1.81 bits per heavy atom. The van der Waals surface area contributed by atoms with E-state index in [2.05, 4.69) is 5.32 Å². The SMILES string of the molecule is COc1ccc(C(=O)CCC(=O)NCCOC(C)C)cc1. The molecule has 0 aliphatic heterocycles. The lowest BCUT2D eigenvalue weighted by Gasteiger charge is -2.08. The third-order valence-corrected chi connectivity index (χ3v) is 2.87. The van der Waals surface area contributed by atoms with E-state index in [1.165, 1.54) is 0 Å². The van der Waals surface area contributed by atoms with Gasteiger partial charge in [-0.05, 0) is 38.1 Å². The van der Waals surface area contributed by atoms with Gasteiger partial charge in [0.1, 0.15) is 5.75 Å². The summed E-state index contributed by atoms with van der Waals surface area (Å²) in [6.07, 6.45) is 0.536. The van der Waals surface area contributed by atoms with Gasteiger partial charge in [0.25, 0.3) is 0 Å². The van der Waals surface area contributed by atoms with Crippen LogP contribution in [0.4, 0.5) is 0 Å². The predicted octanol–water partition coefficient (Wildman–Crippen LogP) is 2.20. The lowest BCUT2D eigenvalue weighted by molar-refractivity contribution is -0.121. The highest BCUT2D eigenvalue weighted by molar-refractivity contribution is 5.98. The first-order valence-corrected chi connectivity index (χ1v) is 7.08. The molecule has 0 aliphatic rings. The molecule has 1 N–H and O–H groups in total. The summed E-state index contributed by atoms with van der Waals surface area (Å²) in [4.78, 5) is 23.5. The maximum Gasteiger partial charge on any atom is 0.220 e. The number of ether oxygens (including phenoxy) is 2. The number of hydrogen-bond donors (Lipinski definition) is 1. The number of Topliss-reactive ketones (excluding diaryl/α,β-unsaturated/α-hetero) is 1. The van der Waals surface area contributed by atoms with Crippen LogP contribution >= 0.6 is 0 Å². The Hall–Kier alpha value is -1.88. The summed E-state index contributed by atoms with van der Waals surface area (Å²) in [6, 6.07) is 6.87. The van der Waals surface area contributed by atoms with Crippen molar-refractivity contribution in [2.24, 2.45) is 0 Å². The van der Waals surface area contributed by atoms with Crippen molar-refractivity contribution in [3.05, 3.63) is 29.8 Å². The van der Waals surface area contributed by atoms with Gasteiger partial charge in [-0.15, -0.1) is 0 Å². The van der Waals surface area contributed by atoms with Crippen LogP contribution < -0.4 is 10.1 Å². The Morgan fingerprint density at radius 1 is 1.14 bits per heavy atom. The molecule has 21 heavy (non-hydrogen) atoms. The average Bonchev–Trinajstić information content (AvgIpc) is 2.49. The van der Waals surface area contributed by atoms with E-state index in [4.69, 9.17) is 9.47 Å². The maximum absolute atomic E-state index is 11.9. The summed E-state index contributed by atoms with van der Waals surface area (Å²) in [5, 5.41) is 2.73. The number of ketones is 1. The van der Waals surface area contributed by atoms with Crippen LogP contribution in [0.1, 0.15) is 37.0 Å². The Morgan fingerprint density at radius 3 is 2.38 bits per heavy atom. The number of methoxy groups -OCH3 is 1. The van der Waals surface area contributed by atoms with Crippen molar-refractivity contribution >= 4 is 11.7 Å². The van der Waals surface area contributed by atoms with Crippen molar-refractivity contribution in [2.75, 3.05) is 20.3 Å². The van der Waals surface area contributed by atoms with Crippen LogP contribution in [0.2, 0.25) is 0 Å². The number of rotatable bonds is 9. The second-order valence-electron chi connectivity index (χ2n) is 4.92. The standard InChI is InChI=1S/C16H23NO4/c1-12(2)21-11-10-17-16(19)9-8-15(18)13-4-6-14(20-3)7-5-13/h4-7,12H,8-11H2,1-3H3,(H,17,19). The largest absolute Gasteiger partial charge is 0.497 e. The minimum Gasteiger partial charge on any atom is -0.497 e. The molecule has 5 heteroatoms. The molecule has 0 saturated heterocycles. The molecule has 0 fully saturated rings.